The van der Waals surface area contributed by atoms with Crippen LogP contribution in [0.15, 0.2) is 18.2 Å². The van der Waals surface area contributed by atoms with Crippen LogP contribution in [0.3, 0.4) is 0 Å². The molecule has 1 amide bonds. The summed E-state index contributed by atoms with van der Waals surface area (Å²) >= 11 is 0. The van der Waals surface area contributed by atoms with Gasteiger partial charge in [0.1, 0.15) is 0 Å². The summed E-state index contributed by atoms with van der Waals surface area (Å²) in [5.74, 6) is -0.104. The third-order valence-electron chi connectivity index (χ3n) is 2.90. The maximum Gasteiger partial charge on any atom is 0.253 e. The molecule has 0 aliphatic heterocycles. The van der Waals surface area contributed by atoms with Gasteiger partial charge in [0, 0.05) is 18.8 Å². The molecule has 0 aromatic heterocycles. The average Bonchev–Trinajstić information content (AvgIpc) is 2.33. The van der Waals surface area contributed by atoms with Crippen LogP contribution in [0.1, 0.15) is 41.6 Å². The fraction of sp³-hybridized carbons (Fsp3) is 0.500. The van der Waals surface area contributed by atoms with Gasteiger partial charge in [-0.2, -0.15) is 0 Å². The minimum Gasteiger partial charge on any atom is -0.398 e. The minimum absolute atomic E-state index is 0.104. The van der Waals surface area contributed by atoms with Crippen molar-refractivity contribution in [1.29, 1.82) is 0 Å². The highest BCUT2D eigenvalue weighted by Gasteiger charge is 2.11. The molecule has 0 saturated carbocycles. The molecule has 4 N–H and O–H groups in total. The quantitative estimate of drug-likeness (QED) is 0.510. The summed E-state index contributed by atoms with van der Waals surface area (Å²) in [7, 11) is 0. The number of hydrogen-bond donors (Lipinski definition) is 3. The van der Waals surface area contributed by atoms with Crippen LogP contribution >= 0.6 is 0 Å². The zero-order valence-corrected chi connectivity index (χ0v) is 10.9. The molecular formula is C14H22N2O2. The Kier molecular flexibility index (Phi) is 6.22. The van der Waals surface area contributed by atoms with Gasteiger partial charge >= 0.3 is 0 Å². The number of nitrogen functional groups attached to an aromatic ring is 1. The lowest BCUT2D eigenvalue weighted by Gasteiger charge is -2.09. The van der Waals surface area contributed by atoms with Gasteiger partial charge < -0.3 is 16.2 Å². The molecule has 0 aliphatic rings. The van der Waals surface area contributed by atoms with E-state index in [-0.39, 0.29) is 12.5 Å². The van der Waals surface area contributed by atoms with Crippen molar-refractivity contribution in [3.05, 3.63) is 29.3 Å². The molecular weight excluding hydrogens is 228 g/mol. The van der Waals surface area contributed by atoms with Crippen LogP contribution in [0, 0.1) is 6.92 Å². The number of amides is 1. The highest BCUT2D eigenvalue weighted by Crippen LogP contribution is 2.15. The molecule has 100 valence electrons. The second-order valence-corrected chi connectivity index (χ2v) is 4.43. The second-order valence-electron chi connectivity index (χ2n) is 4.43. The molecule has 1 rings (SSSR count). The van der Waals surface area contributed by atoms with Crippen molar-refractivity contribution in [2.75, 3.05) is 18.9 Å². The van der Waals surface area contributed by atoms with E-state index in [1.807, 2.05) is 19.1 Å². The molecule has 0 spiro atoms. The molecule has 1 aromatic carbocycles. The van der Waals surface area contributed by atoms with Crippen molar-refractivity contribution in [3.63, 3.8) is 0 Å². The number of nitrogens with one attached hydrogen (secondary N) is 1. The van der Waals surface area contributed by atoms with Crippen molar-refractivity contribution >= 4 is 11.6 Å². The first-order valence-corrected chi connectivity index (χ1v) is 6.41. The zero-order chi connectivity index (χ0) is 13.4. The van der Waals surface area contributed by atoms with E-state index in [1.165, 1.54) is 0 Å². The zero-order valence-electron chi connectivity index (χ0n) is 10.9. The normalized spacial score (nSPS) is 10.3. The minimum atomic E-state index is -0.104. The first-order valence-electron chi connectivity index (χ1n) is 6.41. The van der Waals surface area contributed by atoms with Crippen molar-refractivity contribution in [3.8, 4) is 0 Å². The van der Waals surface area contributed by atoms with Gasteiger partial charge in [0.05, 0.1) is 5.56 Å². The average molecular weight is 250 g/mol. The molecule has 0 radical (unpaired) electrons. The van der Waals surface area contributed by atoms with E-state index in [0.29, 0.717) is 17.8 Å². The molecule has 0 aliphatic carbocycles. The highest BCUT2D eigenvalue weighted by atomic mass is 16.2. The van der Waals surface area contributed by atoms with Crippen LogP contribution in [0.5, 0.6) is 0 Å². The lowest BCUT2D eigenvalue weighted by molar-refractivity contribution is 0.0953. The number of unbranched alkanes of at least 4 members (excludes halogenated alkanes) is 3. The SMILES string of the molecule is Cc1cccc(N)c1C(=O)NCCCCCCO. The number of hydrogen-bond acceptors (Lipinski definition) is 3. The summed E-state index contributed by atoms with van der Waals surface area (Å²) in [5, 5.41) is 11.5. The first kappa shape index (κ1) is 14.5. The Balaban J connectivity index is 2.37. The molecule has 4 nitrogen and oxygen atoms in total. The molecule has 0 fully saturated rings. The van der Waals surface area contributed by atoms with Crippen LogP contribution in [-0.4, -0.2) is 24.2 Å². The highest BCUT2D eigenvalue weighted by molar-refractivity contribution is 6.00. The Hall–Kier alpha value is -1.55. The molecule has 0 atom stereocenters. The van der Waals surface area contributed by atoms with Crippen LogP contribution in [0.25, 0.3) is 0 Å². The predicted molar refractivity (Wildman–Crippen MR) is 73.5 cm³/mol. The van der Waals surface area contributed by atoms with Crippen molar-refractivity contribution in [2.24, 2.45) is 0 Å². The topological polar surface area (TPSA) is 75.4 Å². The van der Waals surface area contributed by atoms with Crippen molar-refractivity contribution in [2.45, 2.75) is 32.6 Å². The van der Waals surface area contributed by atoms with E-state index in [4.69, 9.17) is 10.8 Å². The monoisotopic (exact) mass is 250 g/mol. The Morgan fingerprint density at radius 1 is 1.28 bits per heavy atom. The summed E-state index contributed by atoms with van der Waals surface area (Å²) < 4.78 is 0. The van der Waals surface area contributed by atoms with Gasteiger partial charge in [-0.15, -0.1) is 0 Å². The summed E-state index contributed by atoms with van der Waals surface area (Å²) in [6, 6.07) is 5.46. The number of benzene rings is 1. The predicted octanol–water partition coefficient (Wildman–Crippen LogP) is 1.86. The van der Waals surface area contributed by atoms with Crippen LogP contribution < -0.4 is 11.1 Å². The van der Waals surface area contributed by atoms with E-state index in [9.17, 15) is 4.79 Å². The smallest absolute Gasteiger partial charge is 0.253 e. The van der Waals surface area contributed by atoms with E-state index in [0.717, 1.165) is 31.2 Å². The fourth-order valence-corrected chi connectivity index (χ4v) is 1.88. The standard InChI is InChI=1S/C14H22N2O2/c1-11-7-6-8-12(15)13(11)14(18)16-9-4-2-3-5-10-17/h6-8,17H,2-5,9-10,15H2,1H3,(H,16,18). The molecule has 0 saturated heterocycles. The molecule has 0 heterocycles. The molecule has 0 bridgehead atoms. The van der Waals surface area contributed by atoms with Gasteiger partial charge in [0.25, 0.3) is 5.91 Å². The number of aliphatic hydroxyl groups excluding tert-OH is 1. The van der Waals surface area contributed by atoms with Gasteiger partial charge in [0.15, 0.2) is 0 Å². The summed E-state index contributed by atoms with van der Waals surface area (Å²) in [4.78, 5) is 11.9. The second kappa shape index (κ2) is 7.71. The van der Waals surface area contributed by atoms with Crippen LogP contribution in [-0.2, 0) is 0 Å². The lowest BCUT2D eigenvalue weighted by Crippen LogP contribution is -2.26. The Morgan fingerprint density at radius 3 is 2.67 bits per heavy atom. The number of carbonyl (C=O) groups is 1. The van der Waals surface area contributed by atoms with Gasteiger partial charge in [0.2, 0.25) is 0 Å². The lowest BCUT2D eigenvalue weighted by atomic mass is 10.1. The van der Waals surface area contributed by atoms with Crippen molar-refractivity contribution < 1.29 is 9.90 Å². The van der Waals surface area contributed by atoms with Gasteiger partial charge in [-0.3, -0.25) is 4.79 Å². The maximum absolute atomic E-state index is 11.9. The molecule has 18 heavy (non-hydrogen) atoms. The number of carbonyl (C=O) groups excluding carboxylic acids is 1. The van der Waals surface area contributed by atoms with Gasteiger partial charge in [-0.25, -0.2) is 0 Å². The van der Waals surface area contributed by atoms with E-state index in [1.54, 1.807) is 6.07 Å². The molecule has 1 aromatic rings. The third-order valence-corrected chi connectivity index (χ3v) is 2.90. The number of nitrogens with two attached hydrogens (primary N) is 1. The summed E-state index contributed by atoms with van der Waals surface area (Å²) in [5.41, 5.74) is 7.80. The van der Waals surface area contributed by atoms with E-state index >= 15 is 0 Å². The van der Waals surface area contributed by atoms with Gasteiger partial charge in [-0.1, -0.05) is 25.0 Å². The van der Waals surface area contributed by atoms with Crippen LogP contribution in [0.2, 0.25) is 0 Å². The fourth-order valence-electron chi connectivity index (χ4n) is 1.88. The molecule has 0 unspecified atom stereocenters. The number of rotatable bonds is 7. The largest absolute Gasteiger partial charge is 0.398 e. The van der Waals surface area contributed by atoms with E-state index < -0.39 is 0 Å². The summed E-state index contributed by atoms with van der Waals surface area (Å²) in [6.45, 7) is 2.77. The first-order chi connectivity index (χ1) is 8.66. The molecule has 4 heteroatoms. The van der Waals surface area contributed by atoms with E-state index in [2.05, 4.69) is 5.32 Å². The number of aliphatic hydroxyl groups is 1. The maximum atomic E-state index is 11.9. The Labute approximate surface area is 108 Å². The number of aryl methyl sites for hydroxylation is 1. The van der Waals surface area contributed by atoms with Gasteiger partial charge in [-0.05, 0) is 31.4 Å². The number of anilines is 1. The Morgan fingerprint density at radius 2 is 2.00 bits per heavy atom. The third kappa shape index (κ3) is 4.37. The Bertz CT molecular complexity index is 371. The summed E-state index contributed by atoms with van der Waals surface area (Å²) in [6.07, 6.45) is 3.78. The van der Waals surface area contributed by atoms with Crippen LogP contribution in [0.4, 0.5) is 5.69 Å². The van der Waals surface area contributed by atoms with Crippen molar-refractivity contribution in [1.82, 2.24) is 5.32 Å².